The van der Waals surface area contributed by atoms with Crippen molar-refractivity contribution in [2.75, 3.05) is 0 Å². The van der Waals surface area contributed by atoms with E-state index in [4.69, 9.17) is 15.0 Å². The molecule has 1 N–H and O–H groups in total. The molecule has 4 aromatic rings. The Morgan fingerprint density at radius 1 is 0.848 bits per heavy atom. The fourth-order valence-electron chi connectivity index (χ4n) is 4.76. The van der Waals surface area contributed by atoms with E-state index in [2.05, 4.69) is 74.1 Å². The van der Waals surface area contributed by atoms with Crippen LogP contribution in [0.15, 0.2) is 59.5 Å². The molecule has 6 rings (SSSR count). The van der Waals surface area contributed by atoms with Gasteiger partial charge in [-0.15, -0.1) is 0 Å². The molecule has 0 bridgehead atoms. The van der Waals surface area contributed by atoms with Crippen LogP contribution in [-0.4, -0.2) is 25.6 Å². The van der Waals surface area contributed by atoms with Crippen LogP contribution in [0.4, 0.5) is 0 Å². The van der Waals surface area contributed by atoms with E-state index in [-0.39, 0.29) is 0 Å². The number of benzene rings is 2. The summed E-state index contributed by atoms with van der Waals surface area (Å²) < 4.78 is 0. The Bertz CT molecular complexity index is 1470. The van der Waals surface area contributed by atoms with Crippen LogP contribution in [0.2, 0.25) is 0 Å². The van der Waals surface area contributed by atoms with Gasteiger partial charge in [-0.25, -0.2) is 15.0 Å². The lowest BCUT2D eigenvalue weighted by Crippen LogP contribution is -2.05. The molecule has 164 valence electrons. The third-order valence-corrected chi connectivity index (χ3v) is 6.73. The van der Waals surface area contributed by atoms with E-state index in [1.54, 1.807) is 0 Å². The molecule has 2 aromatic heterocycles. The van der Waals surface area contributed by atoms with Crippen LogP contribution in [-0.2, 0) is 6.42 Å². The molecule has 0 fully saturated rings. The predicted octanol–water partition coefficient (Wildman–Crippen LogP) is 6.58. The first-order valence-corrected chi connectivity index (χ1v) is 11.7. The molecule has 0 amide bonds. The Balaban J connectivity index is 1.29. The summed E-state index contributed by atoms with van der Waals surface area (Å²) in [7, 11) is 0. The van der Waals surface area contributed by atoms with Crippen LogP contribution < -0.4 is 0 Å². The number of nitrogens with zero attached hydrogens (tertiary/aromatic N) is 4. The highest BCUT2D eigenvalue weighted by atomic mass is 14.9. The van der Waals surface area contributed by atoms with Gasteiger partial charge in [-0.3, -0.25) is 4.99 Å². The van der Waals surface area contributed by atoms with Crippen molar-refractivity contribution in [3.8, 4) is 22.6 Å². The van der Waals surface area contributed by atoms with E-state index >= 15 is 0 Å². The van der Waals surface area contributed by atoms with E-state index in [1.165, 1.54) is 28.1 Å². The zero-order valence-electron chi connectivity index (χ0n) is 19.5. The van der Waals surface area contributed by atoms with Gasteiger partial charge >= 0.3 is 0 Å². The first-order chi connectivity index (χ1) is 16.0. The molecule has 0 radical (unpaired) electrons. The fraction of sp³-hybridized carbons (Fsp3) is 0.286. The Hall–Kier alpha value is -3.60. The van der Waals surface area contributed by atoms with Gasteiger partial charge in [-0.2, -0.15) is 0 Å². The van der Waals surface area contributed by atoms with E-state index in [1.807, 2.05) is 12.4 Å². The molecule has 3 heterocycles. The van der Waals surface area contributed by atoms with Crippen LogP contribution in [0, 0.1) is 5.92 Å². The van der Waals surface area contributed by atoms with Crippen LogP contribution in [0.1, 0.15) is 57.0 Å². The Kier molecular flexibility index (Phi) is 4.54. The molecule has 0 saturated carbocycles. The molecular formula is C28H27N5. The minimum Gasteiger partial charge on any atom is -0.342 e. The summed E-state index contributed by atoms with van der Waals surface area (Å²) in [6.07, 6.45) is 5.72. The van der Waals surface area contributed by atoms with Crippen LogP contribution in [0.25, 0.3) is 39.1 Å². The fourth-order valence-corrected chi connectivity index (χ4v) is 4.76. The van der Waals surface area contributed by atoms with Crippen molar-refractivity contribution in [2.45, 2.75) is 46.5 Å². The Labute approximate surface area is 193 Å². The molecule has 33 heavy (non-hydrogen) atoms. The maximum absolute atomic E-state index is 4.91. The number of rotatable bonds is 4. The number of hydrogen-bond acceptors (Lipinski definition) is 4. The lowest BCUT2D eigenvalue weighted by Gasteiger charge is -2.10. The van der Waals surface area contributed by atoms with Gasteiger partial charge in [0.2, 0.25) is 0 Å². The molecule has 2 aliphatic rings. The van der Waals surface area contributed by atoms with Crippen molar-refractivity contribution in [1.29, 1.82) is 0 Å². The monoisotopic (exact) mass is 433 g/mol. The van der Waals surface area contributed by atoms with Gasteiger partial charge in [0.15, 0.2) is 5.82 Å². The maximum atomic E-state index is 4.91. The number of hydrogen-bond donors (Lipinski definition) is 1. The second kappa shape index (κ2) is 7.48. The average molecular weight is 434 g/mol. The Morgan fingerprint density at radius 3 is 2.48 bits per heavy atom. The van der Waals surface area contributed by atoms with E-state index in [0.717, 1.165) is 52.2 Å². The predicted molar refractivity (Wildman–Crippen MR) is 134 cm³/mol. The summed E-state index contributed by atoms with van der Waals surface area (Å²) >= 11 is 0. The lowest BCUT2D eigenvalue weighted by atomic mass is 9.96. The molecule has 1 aliphatic carbocycles. The van der Waals surface area contributed by atoms with Crippen molar-refractivity contribution >= 4 is 22.2 Å². The molecule has 0 unspecified atom stereocenters. The third-order valence-electron chi connectivity index (χ3n) is 6.73. The zero-order chi connectivity index (χ0) is 22.7. The second-order valence-corrected chi connectivity index (χ2v) is 9.71. The summed E-state index contributed by atoms with van der Waals surface area (Å²) in [5.41, 5.74) is 10.8. The topological polar surface area (TPSA) is 66.8 Å². The molecule has 0 saturated heterocycles. The average Bonchev–Trinajstić information content (AvgIpc) is 3.52. The van der Waals surface area contributed by atoms with Crippen molar-refractivity contribution in [3.63, 3.8) is 0 Å². The quantitative estimate of drug-likeness (QED) is 0.395. The number of aromatic nitrogens is 4. The molecular weight excluding hydrogens is 406 g/mol. The first-order valence-electron chi connectivity index (χ1n) is 11.7. The molecule has 1 aliphatic heterocycles. The van der Waals surface area contributed by atoms with E-state index in [9.17, 15) is 0 Å². The van der Waals surface area contributed by atoms with Gasteiger partial charge in [-0.05, 0) is 40.8 Å². The SMILES string of the molecule is CC(C)C1=NC2=C(C1)c1ccc(-c3ncc4cc(-c5cnc(C(C)C)[nH]5)ccc4n3)cc1C2. The van der Waals surface area contributed by atoms with Gasteiger partial charge in [-0.1, -0.05) is 45.9 Å². The normalized spacial score (nSPS) is 15.0. The van der Waals surface area contributed by atoms with Gasteiger partial charge < -0.3 is 4.98 Å². The standard InChI is InChI=1S/C28H27N5/c1-15(2)24-12-22-21-7-5-18(10-19(21)11-25(22)31-24)28-29-13-20-9-17(6-8-23(20)32-28)26-14-30-27(33-26)16(3)4/h5-10,13-16H,11-12H2,1-4H3,(H,30,33). The van der Waals surface area contributed by atoms with Crippen molar-refractivity contribution in [2.24, 2.45) is 10.9 Å². The van der Waals surface area contributed by atoms with Crippen LogP contribution in [0.5, 0.6) is 0 Å². The summed E-state index contributed by atoms with van der Waals surface area (Å²) in [4.78, 5) is 22.4. The zero-order valence-corrected chi connectivity index (χ0v) is 19.5. The van der Waals surface area contributed by atoms with Gasteiger partial charge in [0, 0.05) is 52.9 Å². The minimum atomic E-state index is 0.373. The largest absolute Gasteiger partial charge is 0.342 e. The highest BCUT2D eigenvalue weighted by Crippen LogP contribution is 2.42. The molecule has 0 atom stereocenters. The number of allylic oxidation sites excluding steroid dienone is 2. The first kappa shape index (κ1) is 20.0. The van der Waals surface area contributed by atoms with Gasteiger partial charge in [0.1, 0.15) is 5.82 Å². The van der Waals surface area contributed by atoms with Crippen LogP contribution in [0.3, 0.4) is 0 Å². The summed E-state index contributed by atoms with van der Waals surface area (Å²) in [6, 6.07) is 12.9. The number of H-pyrrole nitrogens is 1. The highest BCUT2D eigenvalue weighted by Gasteiger charge is 2.28. The molecule has 2 aromatic carbocycles. The Morgan fingerprint density at radius 2 is 1.70 bits per heavy atom. The van der Waals surface area contributed by atoms with Crippen molar-refractivity contribution in [3.05, 3.63) is 71.4 Å². The lowest BCUT2D eigenvalue weighted by molar-refractivity contribution is 0.795. The van der Waals surface area contributed by atoms with E-state index in [0.29, 0.717) is 11.8 Å². The summed E-state index contributed by atoms with van der Waals surface area (Å²) in [5.74, 6) is 2.65. The minimum absolute atomic E-state index is 0.373. The van der Waals surface area contributed by atoms with Gasteiger partial charge in [0.05, 0.1) is 17.4 Å². The van der Waals surface area contributed by atoms with E-state index < -0.39 is 0 Å². The van der Waals surface area contributed by atoms with Crippen molar-refractivity contribution in [1.82, 2.24) is 19.9 Å². The molecule has 5 nitrogen and oxygen atoms in total. The number of imidazole rings is 1. The summed E-state index contributed by atoms with van der Waals surface area (Å²) in [6.45, 7) is 8.72. The van der Waals surface area contributed by atoms with Crippen LogP contribution >= 0.6 is 0 Å². The van der Waals surface area contributed by atoms with Crippen molar-refractivity contribution < 1.29 is 0 Å². The second-order valence-electron chi connectivity index (χ2n) is 9.71. The number of fused-ring (bicyclic) bond motifs is 3. The van der Waals surface area contributed by atoms with Gasteiger partial charge in [0.25, 0.3) is 0 Å². The number of nitrogens with one attached hydrogen (secondary N) is 1. The number of aliphatic imine (C=N–C) groups is 1. The summed E-state index contributed by atoms with van der Waals surface area (Å²) in [5, 5.41) is 1.02. The maximum Gasteiger partial charge on any atom is 0.159 e. The molecule has 5 heteroatoms. The molecule has 0 spiro atoms. The third kappa shape index (κ3) is 3.39. The number of aromatic amines is 1. The smallest absolute Gasteiger partial charge is 0.159 e. The highest BCUT2D eigenvalue weighted by molar-refractivity contribution is 6.02.